The largest absolute Gasteiger partial charge is 0.352 e. The van der Waals surface area contributed by atoms with Crippen LogP contribution in [-0.2, 0) is 11.3 Å². The van der Waals surface area contributed by atoms with Gasteiger partial charge in [0.2, 0.25) is 5.91 Å². The lowest BCUT2D eigenvalue weighted by Gasteiger charge is -2.22. The van der Waals surface area contributed by atoms with Crippen LogP contribution in [0, 0.1) is 17.2 Å². The molecule has 0 aromatic heterocycles. The quantitative estimate of drug-likeness (QED) is 0.860. The highest BCUT2D eigenvalue weighted by Crippen LogP contribution is 2.13. The number of nitrogens with zero attached hydrogens (tertiary/aromatic N) is 1. The molecule has 1 aliphatic heterocycles. The van der Waals surface area contributed by atoms with Crippen molar-refractivity contribution in [2.45, 2.75) is 25.8 Å². The molecule has 1 saturated heterocycles. The monoisotopic (exact) mass is 257 g/mol. The number of carbonyl (C=O) groups is 1. The maximum Gasteiger partial charge on any atom is 0.220 e. The number of piperidine rings is 1. The fourth-order valence-corrected chi connectivity index (χ4v) is 2.38. The molecule has 1 heterocycles. The molecule has 100 valence electrons. The Morgan fingerprint density at radius 1 is 1.53 bits per heavy atom. The second-order valence-corrected chi connectivity index (χ2v) is 5.01. The zero-order valence-corrected chi connectivity index (χ0v) is 11.0. The van der Waals surface area contributed by atoms with Gasteiger partial charge in [0, 0.05) is 13.0 Å². The summed E-state index contributed by atoms with van der Waals surface area (Å²) in [4.78, 5) is 11.8. The number of nitrogens with one attached hydrogen (secondary N) is 2. The topological polar surface area (TPSA) is 64.9 Å². The summed E-state index contributed by atoms with van der Waals surface area (Å²) >= 11 is 0. The summed E-state index contributed by atoms with van der Waals surface area (Å²) < 4.78 is 0. The van der Waals surface area contributed by atoms with E-state index < -0.39 is 0 Å². The summed E-state index contributed by atoms with van der Waals surface area (Å²) in [6.07, 6.45) is 2.87. The van der Waals surface area contributed by atoms with Gasteiger partial charge in [0.25, 0.3) is 0 Å². The minimum absolute atomic E-state index is 0.0936. The van der Waals surface area contributed by atoms with Crippen LogP contribution in [0.4, 0.5) is 0 Å². The normalized spacial score (nSPS) is 18.6. The van der Waals surface area contributed by atoms with Crippen molar-refractivity contribution in [3.05, 3.63) is 35.4 Å². The van der Waals surface area contributed by atoms with Crippen LogP contribution < -0.4 is 10.6 Å². The van der Waals surface area contributed by atoms with E-state index in [1.807, 2.05) is 18.2 Å². The Labute approximate surface area is 113 Å². The minimum Gasteiger partial charge on any atom is -0.352 e. The molecule has 0 aliphatic carbocycles. The van der Waals surface area contributed by atoms with Crippen LogP contribution in [0.3, 0.4) is 0 Å². The second-order valence-electron chi connectivity index (χ2n) is 5.01. The van der Waals surface area contributed by atoms with Gasteiger partial charge in [-0.25, -0.2) is 0 Å². The number of hydrogen-bond donors (Lipinski definition) is 2. The number of carbonyl (C=O) groups excluding carboxylic acids is 1. The third-order valence-electron chi connectivity index (χ3n) is 3.42. The summed E-state index contributed by atoms with van der Waals surface area (Å²) in [5.74, 6) is 0.551. The van der Waals surface area contributed by atoms with E-state index in [1.54, 1.807) is 6.07 Å². The highest BCUT2D eigenvalue weighted by atomic mass is 16.1. The fraction of sp³-hybridized carbons (Fsp3) is 0.467. The molecular formula is C15H19N3O. The minimum atomic E-state index is 0.0936. The van der Waals surface area contributed by atoms with E-state index in [0.717, 1.165) is 31.5 Å². The van der Waals surface area contributed by atoms with Crippen LogP contribution in [0.1, 0.15) is 30.4 Å². The zero-order valence-electron chi connectivity index (χ0n) is 11.0. The molecule has 0 bridgehead atoms. The molecule has 4 nitrogen and oxygen atoms in total. The SMILES string of the molecule is N#Cc1cccc(CNC(=O)CC2CCCNC2)c1. The van der Waals surface area contributed by atoms with E-state index in [4.69, 9.17) is 5.26 Å². The molecule has 1 fully saturated rings. The lowest BCUT2D eigenvalue weighted by Crippen LogP contribution is -2.34. The lowest BCUT2D eigenvalue weighted by atomic mass is 9.96. The van der Waals surface area contributed by atoms with Crippen molar-refractivity contribution < 1.29 is 4.79 Å². The predicted molar refractivity (Wildman–Crippen MR) is 73.2 cm³/mol. The third-order valence-corrected chi connectivity index (χ3v) is 3.42. The van der Waals surface area contributed by atoms with Crippen molar-refractivity contribution >= 4 is 5.91 Å². The molecule has 1 atom stereocenters. The van der Waals surface area contributed by atoms with Gasteiger partial charge in [-0.2, -0.15) is 5.26 Å². The molecule has 1 amide bonds. The summed E-state index contributed by atoms with van der Waals surface area (Å²) in [6, 6.07) is 9.43. The van der Waals surface area contributed by atoms with Crippen molar-refractivity contribution in [3.63, 3.8) is 0 Å². The maximum atomic E-state index is 11.8. The third kappa shape index (κ3) is 4.38. The van der Waals surface area contributed by atoms with E-state index in [2.05, 4.69) is 16.7 Å². The Bertz CT molecular complexity index is 473. The van der Waals surface area contributed by atoms with Crippen LogP contribution in [-0.4, -0.2) is 19.0 Å². The smallest absolute Gasteiger partial charge is 0.220 e. The molecule has 19 heavy (non-hydrogen) atoms. The Kier molecular flexibility index (Phi) is 4.93. The van der Waals surface area contributed by atoms with Gasteiger partial charge in [0.05, 0.1) is 11.6 Å². The Hall–Kier alpha value is -1.86. The predicted octanol–water partition coefficient (Wildman–Crippen LogP) is 1.56. The van der Waals surface area contributed by atoms with Gasteiger partial charge in [-0.3, -0.25) is 4.79 Å². The van der Waals surface area contributed by atoms with E-state index in [-0.39, 0.29) is 5.91 Å². The molecule has 2 N–H and O–H groups in total. The van der Waals surface area contributed by atoms with Crippen molar-refractivity contribution in [3.8, 4) is 6.07 Å². The maximum absolute atomic E-state index is 11.8. The summed E-state index contributed by atoms with van der Waals surface area (Å²) in [7, 11) is 0. The van der Waals surface area contributed by atoms with Crippen molar-refractivity contribution in [2.24, 2.45) is 5.92 Å². The number of benzene rings is 1. The van der Waals surface area contributed by atoms with Gasteiger partial charge >= 0.3 is 0 Å². The number of nitriles is 1. The standard InChI is InChI=1S/C15H19N3O/c16-9-12-3-1-4-13(7-12)11-18-15(19)8-14-5-2-6-17-10-14/h1,3-4,7,14,17H,2,5-6,8,10-11H2,(H,18,19). The molecule has 1 aromatic carbocycles. The first-order valence-corrected chi connectivity index (χ1v) is 6.74. The van der Waals surface area contributed by atoms with Crippen molar-refractivity contribution in [1.29, 1.82) is 5.26 Å². The highest BCUT2D eigenvalue weighted by molar-refractivity contribution is 5.76. The average molecular weight is 257 g/mol. The second kappa shape index (κ2) is 6.91. The average Bonchev–Trinajstić information content (AvgIpc) is 2.46. The van der Waals surface area contributed by atoms with Gasteiger partial charge in [-0.15, -0.1) is 0 Å². The van der Waals surface area contributed by atoms with Crippen molar-refractivity contribution in [1.82, 2.24) is 10.6 Å². The van der Waals surface area contributed by atoms with Crippen molar-refractivity contribution in [2.75, 3.05) is 13.1 Å². The van der Waals surface area contributed by atoms with E-state index in [9.17, 15) is 4.79 Å². The first-order valence-electron chi connectivity index (χ1n) is 6.74. The van der Waals surface area contributed by atoms with Gasteiger partial charge in [0.15, 0.2) is 0 Å². The van der Waals surface area contributed by atoms with Gasteiger partial charge in [-0.1, -0.05) is 12.1 Å². The van der Waals surface area contributed by atoms with E-state index in [1.165, 1.54) is 0 Å². The summed E-state index contributed by atoms with van der Waals surface area (Å²) in [5.41, 5.74) is 1.59. The Balaban J connectivity index is 1.78. The molecule has 1 unspecified atom stereocenters. The fourth-order valence-electron chi connectivity index (χ4n) is 2.38. The van der Waals surface area contributed by atoms with E-state index in [0.29, 0.717) is 24.4 Å². The number of rotatable bonds is 4. The van der Waals surface area contributed by atoms with Gasteiger partial charge in [-0.05, 0) is 49.5 Å². The van der Waals surface area contributed by atoms with Gasteiger partial charge in [0.1, 0.15) is 0 Å². The van der Waals surface area contributed by atoms with E-state index >= 15 is 0 Å². The first-order chi connectivity index (χ1) is 9.28. The highest BCUT2D eigenvalue weighted by Gasteiger charge is 2.16. The van der Waals surface area contributed by atoms with Crippen LogP contribution in [0.2, 0.25) is 0 Å². The van der Waals surface area contributed by atoms with Crippen LogP contribution >= 0.6 is 0 Å². The first kappa shape index (κ1) is 13.6. The Morgan fingerprint density at radius 2 is 2.42 bits per heavy atom. The zero-order chi connectivity index (χ0) is 13.5. The van der Waals surface area contributed by atoms with Gasteiger partial charge < -0.3 is 10.6 Å². The van der Waals surface area contributed by atoms with Crippen LogP contribution in [0.5, 0.6) is 0 Å². The summed E-state index contributed by atoms with van der Waals surface area (Å²) in [6.45, 7) is 2.50. The molecule has 0 saturated carbocycles. The molecule has 4 heteroatoms. The molecule has 1 aliphatic rings. The number of hydrogen-bond acceptors (Lipinski definition) is 3. The van der Waals surface area contributed by atoms with Crippen LogP contribution in [0.15, 0.2) is 24.3 Å². The molecule has 2 rings (SSSR count). The van der Waals surface area contributed by atoms with Crippen LogP contribution in [0.25, 0.3) is 0 Å². The molecule has 0 radical (unpaired) electrons. The summed E-state index contributed by atoms with van der Waals surface area (Å²) in [5, 5.41) is 15.0. The number of amides is 1. The molecule has 0 spiro atoms. The Morgan fingerprint density at radius 3 is 3.16 bits per heavy atom. The molecular weight excluding hydrogens is 238 g/mol. The lowest BCUT2D eigenvalue weighted by molar-refractivity contribution is -0.122. The molecule has 1 aromatic rings.